The highest BCUT2D eigenvalue weighted by Gasteiger charge is 2.62. The molecule has 1 spiro atoms. The van der Waals surface area contributed by atoms with E-state index in [9.17, 15) is 8.42 Å². The lowest BCUT2D eigenvalue weighted by atomic mass is 10.2. The normalized spacial score (nSPS) is 26.5. The second-order valence-electron chi connectivity index (χ2n) is 7.01. The van der Waals surface area contributed by atoms with Crippen LogP contribution in [0.5, 0.6) is 0 Å². The maximum absolute atomic E-state index is 12.2. The van der Waals surface area contributed by atoms with E-state index in [4.69, 9.17) is 14.3 Å². The van der Waals surface area contributed by atoms with Crippen LogP contribution in [0.25, 0.3) is 0 Å². The first-order valence-electron chi connectivity index (χ1n) is 8.41. The van der Waals surface area contributed by atoms with E-state index in [-0.39, 0.29) is 22.9 Å². The Hall–Kier alpha value is 0.450. The quantitative estimate of drug-likeness (QED) is 0.312. The van der Waals surface area contributed by atoms with Crippen molar-refractivity contribution in [1.29, 1.82) is 5.26 Å². The van der Waals surface area contributed by atoms with Gasteiger partial charge < -0.3 is 9.05 Å². The van der Waals surface area contributed by atoms with Crippen LogP contribution in [0, 0.1) is 11.3 Å². The minimum Gasteiger partial charge on any atom is -0.321 e. The molecule has 0 aromatic carbocycles. The van der Waals surface area contributed by atoms with Gasteiger partial charge in [0.25, 0.3) is 8.53 Å². The Morgan fingerprint density at radius 1 is 1.32 bits per heavy atom. The predicted octanol–water partition coefficient (Wildman–Crippen LogP) is 3.95. The Labute approximate surface area is 160 Å². The third kappa shape index (κ3) is 5.25. The monoisotopic (exact) mass is 426 g/mol. The molecule has 0 radical (unpaired) electrons. The van der Waals surface area contributed by atoms with Gasteiger partial charge in [-0.15, -0.1) is 0 Å². The molecule has 1 heterocycles. The largest absolute Gasteiger partial charge is 0.321 e. The SMILES string of the molecule is CC(C)N(C(C)C)P(OCCC#N)O[C@@H]1[C@H](S(C)(=O)=O)SSC12CC2. The van der Waals surface area contributed by atoms with Gasteiger partial charge in [0.15, 0.2) is 9.84 Å². The molecule has 0 aromatic rings. The summed E-state index contributed by atoms with van der Waals surface area (Å²) in [6, 6.07) is 2.48. The van der Waals surface area contributed by atoms with Crippen LogP contribution in [0.3, 0.4) is 0 Å². The summed E-state index contributed by atoms with van der Waals surface area (Å²) in [5, 5.41) is 8.80. The molecule has 10 heteroatoms. The van der Waals surface area contributed by atoms with Gasteiger partial charge in [-0.2, -0.15) is 5.26 Å². The summed E-state index contributed by atoms with van der Waals surface area (Å²) in [7, 11) is -1.58. The molecule has 0 amide bonds. The van der Waals surface area contributed by atoms with Crippen molar-refractivity contribution in [3.63, 3.8) is 0 Å². The van der Waals surface area contributed by atoms with Crippen molar-refractivity contribution in [3.8, 4) is 6.07 Å². The molecule has 1 saturated carbocycles. The van der Waals surface area contributed by atoms with Gasteiger partial charge in [0.2, 0.25) is 0 Å². The van der Waals surface area contributed by atoms with Crippen molar-refractivity contribution in [2.75, 3.05) is 12.9 Å². The zero-order valence-corrected chi connectivity index (χ0v) is 18.7. The van der Waals surface area contributed by atoms with Gasteiger partial charge in [-0.1, -0.05) is 21.6 Å². The van der Waals surface area contributed by atoms with Gasteiger partial charge in [-0.25, -0.2) is 13.1 Å². The Morgan fingerprint density at radius 3 is 2.36 bits per heavy atom. The van der Waals surface area contributed by atoms with Crippen molar-refractivity contribution < 1.29 is 17.5 Å². The average molecular weight is 427 g/mol. The van der Waals surface area contributed by atoms with Crippen molar-refractivity contribution in [2.45, 2.75) is 74.5 Å². The molecule has 1 saturated heterocycles. The topological polar surface area (TPSA) is 79.6 Å². The fourth-order valence-corrected chi connectivity index (χ4v) is 11.2. The maximum atomic E-state index is 12.2. The number of sulfone groups is 1. The Kier molecular flexibility index (Phi) is 7.51. The van der Waals surface area contributed by atoms with E-state index in [1.807, 2.05) is 0 Å². The van der Waals surface area contributed by atoms with Crippen LogP contribution in [0.1, 0.15) is 47.0 Å². The van der Waals surface area contributed by atoms with E-state index in [1.165, 1.54) is 17.0 Å². The van der Waals surface area contributed by atoms with Gasteiger partial charge in [-0.3, -0.25) is 0 Å². The van der Waals surface area contributed by atoms with Crippen LogP contribution in [0.4, 0.5) is 0 Å². The first kappa shape index (κ1) is 21.7. The molecule has 1 unspecified atom stereocenters. The van der Waals surface area contributed by atoms with Crippen LogP contribution >= 0.6 is 30.1 Å². The van der Waals surface area contributed by atoms with Gasteiger partial charge in [0, 0.05) is 18.3 Å². The molecule has 0 aromatic heterocycles. The molecule has 0 N–H and O–H groups in total. The molecular weight excluding hydrogens is 399 g/mol. The van der Waals surface area contributed by atoms with Gasteiger partial charge in [0.05, 0.1) is 23.8 Å². The van der Waals surface area contributed by atoms with Crippen LogP contribution in [0.15, 0.2) is 0 Å². The zero-order valence-electron chi connectivity index (χ0n) is 15.3. The second-order valence-corrected chi connectivity index (χ2v) is 13.6. The lowest BCUT2D eigenvalue weighted by molar-refractivity contribution is 0.135. The summed E-state index contributed by atoms with van der Waals surface area (Å²) in [6.07, 6.45) is 3.16. The van der Waals surface area contributed by atoms with E-state index < -0.39 is 22.9 Å². The summed E-state index contributed by atoms with van der Waals surface area (Å²) < 4.78 is 38.3. The molecular formula is C15H27N2O4PS3. The molecule has 2 fully saturated rings. The average Bonchev–Trinajstić information content (AvgIpc) is 3.15. The second kappa shape index (κ2) is 8.64. The van der Waals surface area contributed by atoms with Crippen molar-refractivity contribution in [3.05, 3.63) is 0 Å². The molecule has 1 aliphatic heterocycles. The zero-order chi connectivity index (χ0) is 18.8. The summed E-state index contributed by atoms with van der Waals surface area (Å²) in [5.41, 5.74) is 0. The highest BCUT2D eigenvalue weighted by atomic mass is 33.1. The van der Waals surface area contributed by atoms with Crippen molar-refractivity contribution >= 4 is 40.0 Å². The van der Waals surface area contributed by atoms with Crippen molar-refractivity contribution in [1.82, 2.24) is 4.67 Å². The number of hydrogen-bond acceptors (Lipinski definition) is 8. The summed E-state index contributed by atoms with van der Waals surface area (Å²) in [4.78, 5) is 0. The molecule has 1 aliphatic carbocycles. The van der Waals surface area contributed by atoms with Gasteiger partial charge in [-0.05, 0) is 40.5 Å². The standard InChI is InChI=1S/C15H27N2O4PS3/c1-11(2)17(12(3)4)22(20-10-6-9-16)21-13-14(25(5,18)19)23-24-15(13)7-8-15/h11-14H,6-8,10H2,1-5H3/t13-,14+,22?/m1/s1. The Bertz CT molecular complexity index is 596. The highest BCUT2D eigenvalue weighted by molar-refractivity contribution is 8.79. The minimum absolute atomic E-state index is 0.1000. The molecule has 144 valence electrons. The van der Waals surface area contributed by atoms with Gasteiger partial charge >= 0.3 is 0 Å². The Morgan fingerprint density at radius 2 is 1.92 bits per heavy atom. The van der Waals surface area contributed by atoms with E-state index in [0.717, 1.165) is 12.8 Å². The number of nitrogens with zero attached hydrogens (tertiary/aromatic N) is 2. The fraction of sp³-hybridized carbons (Fsp3) is 0.933. The maximum Gasteiger partial charge on any atom is 0.259 e. The highest BCUT2D eigenvalue weighted by Crippen LogP contribution is 2.68. The summed E-state index contributed by atoms with van der Waals surface area (Å²) in [6.45, 7) is 8.59. The van der Waals surface area contributed by atoms with Crippen LogP contribution in [-0.4, -0.2) is 53.5 Å². The first-order valence-corrected chi connectivity index (χ1v) is 13.7. The van der Waals surface area contributed by atoms with Crippen LogP contribution < -0.4 is 0 Å². The molecule has 25 heavy (non-hydrogen) atoms. The van der Waals surface area contributed by atoms with E-state index in [0.29, 0.717) is 13.0 Å². The van der Waals surface area contributed by atoms with Crippen molar-refractivity contribution in [2.24, 2.45) is 0 Å². The third-order valence-electron chi connectivity index (χ3n) is 4.11. The number of rotatable bonds is 9. The molecule has 0 bridgehead atoms. The smallest absolute Gasteiger partial charge is 0.259 e. The summed E-state index contributed by atoms with van der Waals surface area (Å²) in [5.74, 6) is 0. The lowest BCUT2D eigenvalue weighted by Gasteiger charge is -2.38. The number of hydrogen-bond donors (Lipinski definition) is 0. The van der Waals surface area contributed by atoms with Gasteiger partial charge in [0.1, 0.15) is 10.7 Å². The van der Waals surface area contributed by atoms with E-state index in [1.54, 1.807) is 10.8 Å². The Balaban J connectivity index is 2.22. The molecule has 6 nitrogen and oxygen atoms in total. The summed E-state index contributed by atoms with van der Waals surface area (Å²) >= 11 is 0. The van der Waals surface area contributed by atoms with Crippen LogP contribution in [0.2, 0.25) is 0 Å². The van der Waals surface area contributed by atoms with Crippen LogP contribution in [-0.2, 0) is 18.9 Å². The molecule has 2 aliphatic rings. The third-order valence-corrected chi connectivity index (χ3v) is 12.4. The number of nitriles is 1. The minimum atomic E-state index is -3.22. The predicted molar refractivity (Wildman–Crippen MR) is 106 cm³/mol. The molecule has 3 atom stereocenters. The molecule has 2 rings (SSSR count). The fourth-order valence-electron chi connectivity index (χ4n) is 2.81. The lowest BCUT2D eigenvalue weighted by Crippen LogP contribution is -2.40. The van der Waals surface area contributed by atoms with E-state index >= 15 is 0 Å². The van der Waals surface area contributed by atoms with E-state index in [2.05, 4.69) is 38.4 Å². The first-order chi connectivity index (χ1) is 11.6.